The summed E-state index contributed by atoms with van der Waals surface area (Å²) in [6, 6.07) is 9.21. The summed E-state index contributed by atoms with van der Waals surface area (Å²) in [5.74, 6) is 1.13. The average molecular weight is 407 g/mol. The SMILES string of the molecule is CN=C(NCc1ccc(S(=O)(=O)NC2CC2)cc1)NCC(C)c1ccsc1. The zero-order valence-electron chi connectivity index (χ0n) is 15.6. The largest absolute Gasteiger partial charge is 0.356 e. The number of nitrogens with zero attached hydrogens (tertiary/aromatic N) is 1. The van der Waals surface area contributed by atoms with E-state index >= 15 is 0 Å². The van der Waals surface area contributed by atoms with Crippen molar-refractivity contribution in [2.45, 2.75) is 43.2 Å². The molecule has 1 fully saturated rings. The van der Waals surface area contributed by atoms with Crippen LogP contribution in [0.15, 0.2) is 51.0 Å². The van der Waals surface area contributed by atoms with Crippen LogP contribution in [-0.2, 0) is 16.6 Å². The molecule has 1 unspecified atom stereocenters. The minimum Gasteiger partial charge on any atom is -0.356 e. The lowest BCUT2D eigenvalue weighted by molar-refractivity contribution is 0.581. The Labute approximate surface area is 165 Å². The van der Waals surface area contributed by atoms with Gasteiger partial charge >= 0.3 is 0 Å². The van der Waals surface area contributed by atoms with E-state index in [1.165, 1.54) is 5.56 Å². The van der Waals surface area contributed by atoms with Crippen LogP contribution in [0.4, 0.5) is 0 Å². The van der Waals surface area contributed by atoms with Crippen LogP contribution in [0.3, 0.4) is 0 Å². The number of guanidine groups is 1. The van der Waals surface area contributed by atoms with Gasteiger partial charge < -0.3 is 10.6 Å². The van der Waals surface area contributed by atoms with E-state index in [0.717, 1.165) is 30.9 Å². The molecule has 146 valence electrons. The molecular weight excluding hydrogens is 380 g/mol. The highest BCUT2D eigenvalue weighted by Crippen LogP contribution is 2.22. The third-order valence-electron chi connectivity index (χ3n) is 4.50. The molecule has 0 bridgehead atoms. The lowest BCUT2D eigenvalue weighted by Crippen LogP contribution is -2.38. The number of hydrogen-bond donors (Lipinski definition) is 3. The highest BCUT2D eigenvalue weighted by molar-refractivity contribution is 7.89. The minimum atomic E-state index is -3.40. The van der Waals surface area contributed by atoms with Crippen LogP contribution in [0, 0.1) is 0 Å². The van der Waals surface area contributed by atoms with Gasteiger partial charge in [0.25, 0.3) is 0 Å². The Hall–Kier alpha value is -1.90. The molecule has 1 saturated carbocycles. The zero-order valence-corrected chi connectivity index (χ0v) is 17.2. The number of aliphatic imine (C=N–C) groups is 1. The maximum Gasteiger partial charge on any atom is 0.240 e. The third kappa shape index (κ3) is 5.79. The van der Waals surface area contributed by atoms with Crippen molar-refractivity contribution in [2.24, 2.45) is 4.99 Å². The normalized spacial score (nSPS) is 16.1. The van der Waals surface area contributed by atoms with Crippen molar-refractivity contribution in [3.8, 4) is 0 Å². The molecule has 1 atom stereocenters. The lowest BCUT2D eigenvalue weighted by Gasteiger charge is -2.15. The summed E-state index contributed by atoms with van der Waals surface area (Å²) < 4.78 is 27.1. The first kappa shape index (κ1) is 19.9. The lowest BCUT2D eigenvalue weighted by atomic mass is 10.1. The minimum absolute atomic E-state index is 0.113. The van der Waals surface area contributed by atoms with Crippen molar-refractivity contribution < 1.29 is 8.42 Å². The maximum atomic E-state index is 12.2. The van der Waals surface area contributed by atoms with Crippen LogP contribution in [0.25, 0.3) is 0 Å². The van der Waals surface area contributed by atoms with E-state index in [-0.39, 0.29) is 6.04 Å². The van der Waals surface area contributed by atoms with E-state index in [4.69, 9.17) is 0 Å². The van der Waals surface area contributed by atoms with Gasteiger partial charge in [0.1, 0.15) is 0 Å². The Morgan fingerprint density at radius 2 is 1.96 bits per heavy atom. The molecule has 2 aromatic rings. The quantitative estimate of drug-likeness (QED) is 0.465. The third-order valence-corrected chi connectivity index (χ3v) is 6.74. The van der Waals surface area contributed by atoms with E-state index in [1.54, 1.807) is 30.5 Å². The summed E-state index contributed by atoms with van der Waals surface area (Å²) in [5.41, 5.74) is 2.31. The van der Waals surface area contributed by atoms with Gasteiger partial charge in [-0.2, -0.15) is 11.3 Å². The summed E-state index contributed by atoms with van der Waals surface area (Å²) in [6.45, 7) is 3.54. The predicted octanol–water partition coefficient (Wildman–Crippen LogP) is 2.66. The van der Waals surface area contributed by atoms with Crippen LogP contribution in [0.5, 0.6) is 0 Å². The zero-order chi connectivity index (χ0) is 19.3. The Balaban J connectivity index is 1.49. The molecule has 0 aliphatic heterocycles. The number of rotatable bonds is 8. The van der Waals surface area contributed by atoms with Crippen molar-refractivity contribution in [3.05, 3.63) is 52.2 Å². The van der Waals surface area contributed by atoms with E-state index in [2.05, 4.69) is 44.1 Å². The number of hydrogen-bond acceptors (Lipinski definition) is 4. The Morgan fingerprint density at radius 3 is 2.56 bits per heavy atom. The molecule has 1 aliphatic carbocycles. The molecule has 0 amide bonds. The van der Waals surface area contributed by atoms with E-state index < -0.39 is 10.0 Å². The summed E-state index contributed by atoms with van der Waals surface area (Å²) >= 11 is 1.70. The molecule has 3 N–H and O–H groups in total. The van der Waals surface area contributed by atoms with Crippen LogP contribution >= 0.6 is 11.3 Å². The van der Waals surface area contributed by atoms with Gasteiger partial charge in [-0.3, -0.25) is 4.99 Å². The topological polar surface area (TPSA) is 82.6 Å². The summed E-state index contributed by atoms with van der Waals surface area (Å²) in [4.78, 5) is 4.55. The first-order valence-electron chi connectivity index (χ1n) is 9.06. The van der Waals surface area contributed by atoms with Crippen LogP contribution in [0.1, 0.15) is 36.8 Å². The molecule has 0 radical (unpaired) electrons. The fourth-order valence-corrected chi connectivity index (χ4v) is 4.69. The Kier molecular flexibility index (Phi) is 6.51. The summed E-state index contributed by atoms with van der Waals surface area (Å²) in [6.07, 6.45) is 1.86. The van der Waals surface area contributed by atoms with Crippen LogP contribution < -0.4 is 15.4 Å². The summed E-state index contributed by atoms with van der Waals surface area (Å²) in [7, 11) is -1.66. The fraction of sp³-hybridized carbons (Fsp3) is 0.421. The molecule has 27 heavy (non-hydrogen) atoms. The fourth-order valence-electron chi connectivity index (χ4n) is 2.60. The van der Waals surface area contributed by atoms with Crippen LogP contribution in [0.2, 0.25) is 0 Å². The van der Waals surface area contributed by atoms with Gasteiger partial charge in [0.2, 0.25) is 10.0 Å². The monoisotopic (exact) mass is 406 g/mol. The van der Waals surface area contributed by atoms with Gasteiger partial charge in [0.05, 0.1) is 4.90 Å². The first-order chi connectivity index (χ1) is 13.0. The molecule has 6 nitrogen and oxygen atoms in total. The maximum absolute atomic E-state index is 12.2. The van der Waals surface area contributed by atoms with Gasteiger partial charge in [0.15, 0.2) is 5.96 Å². The van der Waals surface area contributed by atoms with Gasteiger partial charge in [-0.05, 0) is 58.8 Å². The Morgan fingerprint density at radius 1 is 1.22 bits per heavy atom. The van der Waals surface area contributed by atoms with Crippen LogP contribution in [-0.4, -0.2) is 34.0 Å². The Bertz CT molecular complexity index is 858. The number of sulfonamides is 1. The van der Waals surface area contributed by atoms with E-state index in [9.17, 15) is 8.42 Å². The van der Waals surface area contributed by atoms with Gasteiger partial charge in [-0.1, -0.05) is 19.1 Å². The molecule has 8 heteroatoms. The second-order valence-corrected chi connectivity index (χ2v) is 9.30. The molecule has 1 aliphatic rings. The van der Waals surface area contributed by atoms with E-state index in [0.29, 0.717) is 17.4 Å². The van der Waals surface area contributed by atoms with Gasteiger partial charge in [-0.25, -0.2) is 13.1 Å². The smallest absolute Gasteiger partial charge is 0.240 e. The first-order valence-corrected chi connectivity index (χ1v) is 11.5. The predicted molar refractivity (Wildman–Crippen MR) is 111 cm³/mol. The second kappa shape index (κ2) is 8.86. The average Bonchev–Trinajstić information content (AvgIpc) is 3.29. The van der Waals surface area contributed by atoms with Crippen molar-refractivity contribution >= 4 is 27.3 Å². The van der Waals surface area contributed by atoms with Crippen molar-refractivity contribution in [1.82, 2.24) is 15.4 Å². The molecule has 1 heterocycles. The van der Waals surface area contributed by atoms with Gasteiger partial charge in [-0.15, -0.1) is 0 Å². The molecule has 0 saturated heterocycles. The second-order valence-electron chi connectivity index (χ2n) is 6.80. The van der Waals surface area contributed by atoms with E-state index in [1.807, 2.05) is 12.1 Å². The van der Waals surface area contributed by atoms with Crippen molar-refractivity contribution in [2.75, 3.05) is 13.6 Å². The number of nitrogens with one attached hydrogen (secondary N) is 3. The molecular formula is C19H26N4O2S2. The number of thiophene rings is 1. The highest BCUT2D eigenvalue weighted by atomic mass is 32.2. The standard InChI is InChI=1S/C19H26N4O2S2/c1-14(16-9-10-26-13-16)11-21-19(20-2)22-12-15-3-7-18(8-4-15)27(24,25)23-17-5-6-17/h3-4,7-10,13-14,17,23H,5-6,11-12H2,1-2H3,(H2,20,21,22). The number of benzene rings is 1. The molecule has 3 rings (SSSR count). The highest BCUT2D eigenvalue weighted by Gasteiger charge is 2.27. The van der Waals surface area contributed by atoms with Gasteiger partial charge in [0, 0.05) is 26.2 Å². The molecule has 1 aromatic carbocycles. The molecule has 1 aromatic heterocycles. The van der Waals surface area contributed by atoms with Crippen molar-refractivity contribution in [1.29, 1.82) is 0 Å². The van der Waals surface area contributed by atoms with Crippen molar-refractivity contribution in [3.63, 3.8) is 0 Å². The molecule has 0 spiro atoms. The summed E-state index contributed by atoms with van der Waals surface area (Å²) in [5, 5.41) is 10.8.